The number of aryl methyl sites for hydroxylation is 1. The number of carbonyl (C=O) groups is 1. The van der Waals surface area contributed by atoms with Gasteiger partial charge in [0.1, 0.15) is 0 Å². The number of fused-ring (bicyclic) bond motifs is 1. The molecule has 1 atom stereocenters. The molecule has 1 aliphatic rings. The third-order valence-electron chi connectivity index (χ3n) is 3.79. The summed E-state index contributed by atoms with van der Waals surface area (Å²) < 4.78 is 0. The van der Waals surface area contributed by atoms with Crippen LogP contribution < -0.4 is 0 Å². The van der Waals surface area contributed by atoms with Crippen LogP contribution >= 0.6 is 23.2 Å². The smallest absolute Gasteiger partial charge is 0.165 e. The number of aromatic nitrogens is 1. The molecule has 0 unspecified atom stereocenters. The lowest BCUT2D eigenvalue weighted by molar-refractivity contribution is 0.0962. The number of nitrogens with zero attached hydrogens (tertiary/aromatic N) is 1. The maximum Gasteiger partial charge on any atom is 0.165 e. The molecule has 0 saturated carbocycles. The van der Waals surface area contributed by atoms with Gasteiger partial charge < -0.3 is 0 Å². The molecule has 0 N–H and O–H groups in total. The molecular formula is C16H13Cl2NO. The van der Waals surface area contributed by atoms with Crippen LogP contribution in [0.15, 0.2) is 30.5 Å². The highest BCUT2D eigenvalue weighted by Crippen LogP contribution is 2.36. The molecule has 0 aliphatic heterocycles. The van der Waals surface area contributed by atoms with Crippen LogP contribution in [0.3, 0.4) is 0 Å². The van der Waals surface area contributed by atoms with Gasteiger partial charge in [0.25, 0.3) is 0 Å². The van der Waals surface area contributed by atoms with Gasteiger partial charge in [0.2, 0.25) is 0 Å². The highest BCUT2D eigenvalue weighted by atomic mass is 35.5. The zero-order chi connectivity index (χ0) is 14.3. The second kappa shape index (κ2) is 5.19. The summed E-state index contributed by atoms with van der Waals surface area (Å²) >= 11 is 12.2. The quantitative estimate of drug-likeness (QED) is 0.770. The van der Waals surface area contributed by atoms with Gasteiger partial charge in [-0.25, -0.2) is 0 Å². The normalized spacial score (nSPS) is 17.9. The van der Waals surface area contributed by atoms with Gasteiger partial charge in [0, 0.05) is 28.2 Å². The fourth-order valence-electron chi connectivity index (χ4n) is 2.83. The predicted octanol–water partition coefficient (Wildman–Crippen LogP) is 4.61. The minimum absolute atomic E-state index is 0.0778. The van der Waals surface area contributed by atoms with E-state index < -0.39 is 0 Å². The van der Waals surface area contributed by atoms with E-state index in [1.54, 1.807) is 12.3 Å². The van der Waals surface area contributed by atoms with E-state index in [4.69, 9.17) is 23.2 Å². The number of pyridine rings is 1. The Kier molecular flexibility index (Phi) is 3.53. The lowest BCUT2D eigenvalue weighted by Crippen LogP contribution is -2.21. The first kappa shape index (κ1) is 13.6. The summed E-state index contributed by atoms with van der Waals surface area (Å²) in [5, 5.41) is 1.22. The summed E-state index contributed by atoms with van der Waals surface area (Å²) in [5.74, 6) is 0.224. The molecule has 1 aliphatic carbocycles. The summed E-state index contributed by atoms with van der Waals surface area (Å²) in [4.78, 5) is 16.7. The van der Waals surface area contributed by atoms with Crippen molar-refractivity contribution in [2.24, 2.45) is 0 Å². The summed E-state index contributed by atoms with van der Waals surface area (Å²) in [6, 6.07) is 7.32. The van der Waals surface area contributed by atoms with Crippen LogP contribution in [0.25, 0.3) is 0 Å². The SMILES string of the molecule is Cc1ccnc2c1C(=O)C[C@H](c1ccc(Cl)cc1Cl)C2. The number of benzene rings is 1. The fourth-order valence-corrected chi connectivity index (χ4v) is 3.40. The largest absolute Gasteiger partial charge is 0.294 e. The van der Waals surface area contributed by atoms with Crippen molar-refractivity contribution in [2.45, 2.75) is 25.7 Å². The molecule has 1 aromatic carbocycles. The van der Waals surface area contributed by atoms with Gasteiger partial charge in [-0.1, -0.05) is 29.3 Å². The number of hydrogen-bond donors (Lipinski definition) is 0. The topological polar surface area (TPSA) is 30.0 Å². The van der Waals surface area contributed by atoms with Gasteiger partial charge in [0.05, 0.1) is 5.69 Å². The van der Waals surface area contributed by atoms with Gasteiger partial charge in [-0.15, -0.1) is 0 Å². The van der Waals surface area contributed by atoms with Crippen molar-refractivity contribution in [2.75, 3.05) is 0 Å². The third kappa shape index (κ3) is 2.34. The molecule has 0 bridgehead atoms. The van der Waals surface area contributed by atoms with E-state index in [-0.39, 0.29) is 11.7 Å². The second-order valence-corrected chi connectivity index (χ2v) is 5.99. The number of halogens is 2. The highest BCUT2D eigenvalue weighted by molar-refractivity contribution is 6.35. The molecule has 3 rings (SSSR count). The summed E-state index contributed by atoms with van der Waals surface area (Å²) in [6.07, 6.45) is 2.97. The Morgan fingerprint density at radius 2 is 2.00 bits per heavy atom. The molecule has 0 fully saturated rings. The molecule has 0 amide bonds. The predicted molar refractivity (Wildman–Crippen MR) is 80.8 cm³/mol. The first-order valence-corrected chi connectivity index (χ1v) is 7.24. The molecular weight excluding hydrogens is 293 g/mol. The Labute approximate surface area is 127 Å². The van der Waals surface area contributed by atoms with Crippen LogP contribution in [-0.4, -0.2) is 10.8 Å². The highest BCUT2D eigenvalue weighted by Gasteiger charge is 2.29. The van der Waals surface area contributed by atoms with Gasteiger partial charge in [-0.05, 0) is 48.6 Å². The van der Waals surface area contributed by atoms with Crippen LogP contribution in [-0.2, 0) is 6.42 Å². The molecule has 1 heterocycles. The van der Waals surface area contributed by atoms with Crippen LogP contribution in [0.1, 0.15) is 39.5 Å². The van der Waals surface area contributed by atoms with Gasteiger partial charge in [-0.2, -0.15) is 0 Å². The Morgan fingerprint density at radius 1 is 1.20 bits per heavy atom. The van der Waals surface area contributed by atoms with Gasteiger partial charge in [0.15, 0.2) is 5.78 Å². The third-order valence-corrected chi connectivity index (χ3v) is 4.35. The standard InChI is InChI=1S/C16H13Cl2NO/c1-9-4-5-19-14-6-10(7-15(20)16(9)14)12-3-2-11(17)8-13(12)18/h2-5,8,10H,6-7H2,1H3/t10-/m1/s1. The zero-order valence-electron chi connectivity index (χ0n) is 11.0. The van der Waals surface area contributed by atoms with Crippen molar-refractivity contribution in [3.05, 3.63) is 62.9 Å². The van der Waals surface area contributed by atoms with Crippen LogP contribution in [0.5, 0.6) is 0 Å². The fraction of sp³-hybridized carbons (Fsp3) is 0.250. The van der Waals surface area contributed by atoms with E-state index in [0.29, 0.717) is 16.5 Å². The first-order valence-electron chi connectivity index (χ1n) is 6.49. The maximum absolute atomic E-state index is 12.4. The number of rotatable bonds is 1. The van der Waals surface area contributed by atoms with Crippen molar-refractivity contribution >= 4 is 29.0 Å². The summed E-state index contributed by atoms with van der Waals surface area (Å²) in [6.45, 7) is 1.95. The average Bonchev–Trinajstić information content (AvgIpc) is 2.38. The van der Waals surface area contributed by atoms with Crippen molar-refractivity contribution < 1.29 is 4.79 Å². The van der Waals surface area contributed by atoms with E-state index >= 15 is 0 Å². The maximum atomic E-state index is 12.4. The van der Waals surface area contributed by atoms with E-state index in [9.17, 15) is 4.79 Å². The van der Waals surface area contributed by atoms with Crippen LogP contribution in [0.2, 0.25) is 10.0 Å². The molecule has 0 spiro atoms. The molecule has 102 valence electrons. The molecule has 2 aromatic rings. The van der Waals surface area contributed by atoms with E-state index in [1.165, 1.54) is 0 Å². The molecule has 20 heavy (non-hydrogen) atoms. The van der Waals surface area contributed by atoms with Crippen molar-refractivity contribution in [1.82, 2.24) is 4.98 Å². The lowest BCUT2D eigenvalue weighted by Gasteiger charge is -2.25. The van der Waals surface area contributed by atoms with Crippen LogP contribution in [0.4, 0.5) is 0 Å². The van der Waals surface area contributed by atoms with Gasteiger partial charge in [-0.3, -0.25) is 9.78 Å². The van der Waals surface area contributed by atoms with E-state index in [0.717, 1.165) is 28.8 Å². The summed E-state index contributed by atoms with van der Waals surface area (Å²) in [5.41, 5.74) is 3.63. The Hall–Kier alpha value is -1.38. The van der Waals surface area contributed by atoms with Crippen molar-refractivity contribution in [1.29, 1.82) is 0 Å². The van der Waals surface area contributed by atoms with Crippen molar-refractivity contribution in [3.8, 4) is 0 Å². The number of carbonyl (C=O) groups excluding carboxylic acids is 1. The van der Waals surface area contributed by atoms with Crippen LogP contribution in [0, 0.1) is 6.92 Å². The average molecular weight is 306 g/mol. The first-order chi connectivity index (χ1) is 9.56. The Bertz CT molecular complexity index is 697. The number of Topliss-reactive ketones (excluding diaryl/α,β-unsaturated/α-hetero) is 1. The molecule has 0 radical (unpaired) electrons. The number of hydrogen-bond acceptors (Lipinski definition) is 2. The van der Waals surface area contributed by atoms with E-state index in [2.05, 4.69) is 4.98 Å². The number of ketones is 1. The Balaban J connectivity index is 2.01. The van der Waals surface area contributed by atoms with Crippen molar-refractivity contribution in [3.63, 3.8) is 0 Å². The minimum atomic E-state index is 0.0778. The monoisotopic (exact) mass is 305 g/mol. The second-order valence-electron chi connectivity index (χ2n) is 5.14. The lowest BCUT2D eigenvalue weighted by atomic mass is 9.80. The molecule has 0 saturated heterocycles. The zero-order valence-corrected chi connectivity index (χ0v) is 12.5. The van der Waals surface area contributed by atoms with Gasteiger partial charge >= 0.3 is 0 Å². The summed E-state index contributed by atoms with van der Waals surface area (Å²) in [7, 11) is 0. The molecule has 1 aromatic heterocycles. The molecule has 4 heteroatoms. The molecule has 2 nitrogen and oxygen atoms in total. The van der Waals surface area contributed by atoms with E-state index in [1.807, 2.05) is 25.1 Å². The minimum Gasteiger partial charge on any atom is -0.294 e. The Morgan fingerprint density at radius 3 is 2.75 bits per heavy atom.